The van der Waals surface area contributed by atoms with Gasteiger partial charge in [-0.3, -0.25) is 0 Å². The van der Waals surface area contributed by atoms with E-state index in [-0.39, 0.29) is 0 Å². The van der Waals surface area contributed by atoms with Gasteiger partial charge in [0, 0.05) is 17.1 Å². The van der Waals surface area contributed by atoms with E-state index in [9.17, 15) is 0 Å². The number of hydrogen-bond donors (Lipinski definition) is 1. The van der Waals surface area contributed by atoms with Crippen LogP contribution in [0.4, 0.5) is 5.69 Å². The number of nitrogens with zero attached hydrogens (tertiary/aromatic N) is 1. The van der Waals surface area contributed by atoms with Crippen LogP contribution in [0.25, 0.3) is 15.7 Å². The van der Waals surface area contributed by atoms with Crippen LogP contribution in [0, 0.1) is 6.57 Å². The Morgan fingerprint density at radius 2 is 2.31 bits per heavy atom. The van der Waals surface area contributed by atoms with Gasteiger partial charge >= 0.3 is 0 Å². The zero-order valence-corrected chi connectivity index (χ0v) is 7.16. The highest BCUT2D eigenvalue weighted by Crippen LogP contribution is 2.30. The molecule has 0 unspecified atom stereocenters. The van der Waals surface area contributed by atoms with Crippen molar-refractivity contribution in [2.45, 2.75) is 0 Å². The van der Waals surface area contributed by atoms with E-state index in [4.69, 9.17) is 11.3 Å². The number of hydrogen-bond acceptors (Lipinski definition) is 1. The van der Waals surface area contributed by atoms with Crippen molar-refractivity contribution in [2.75, 3.05) is 7.11 Å². The third kappa shape index (κ3) is 1.13. The highest BCUT2D eigenvalue weighted by atomic mass is 16.5. The Hall–Kier alpha value is -1.95. The summed E-state index contributed by atoms with van der Waals surface area (Å²) in [7, 11) is 1.61. The second kappa shape index (κ2) is 2.83. The van der Waals surface area contributed by atoms with Crippen molar-refractivity contribution in [3.05, 3.63) is 35.8 Å². The summed E-state index contributed by atoms with van der Waals surface area (Å²) < 4.78 is 5.16. The number of aromatic amines is 1. The maximum absolute atomic E-state index is 6.90. The SMILES string of the molecule is [C-]#[N+]c1cc(OC)c2cc[nH]c2c1. The minimum atomic E-state index is 0.590. The van der Waals surface area contributed by atoms with Gasteiger partial charge in [-0.2, -0.15) is 0 Å². The van der Waals surface area contributed by atoms with Crippen molar-refractivity contribution in [1.82, 2.24) is 4.98 Å². The minimum Gasteiger partial charge on any atom is -0.497 e. The molecule has 0 spiro atoms. The number of benzene rings is 1. The van der Waals surface area contributed by atoms with Crippen molar-refractivity contribution < 1.29 is 4.74 Å². The van der Waals surface area contributed by atoms with Gasteiger partial charge in [0.2, 0.25) is 0 Å². The first-order chi connectivity index (χ1) is 6.35. The highest BCUT2D eigenvalue weighted by Gasteiger charge is 2.04. The van der Waals surface area contributed by atoms with E-state index >= 15 is 0 Å². The summed E-state index contributed by atoms with van der Waals surface area (Å²) in [4.78, 5) is 6.40. The maximum atomic E-state index is 6.90. The fourth-order valence-corrected chi connectivity index (χ4v) is 1.35. The van der Waals surface area contributed by atoms with E-state index < -0.39 is 0 Å². The Labute approximate surface area is 75.8 Å². The number of fused-ring (bicyclic) bond motifs is 1. The summed E-state index contributed by atoms with van der Waals surface area (Å²) >= 11 is 0. The molecule has 3 nitrogen and oxygen atoms in total. The quantitative estimate of drug-likeness (QED) is 0.658. The van der Waals surface area contributed by atoms with Crippen molar-refractivity contribution in [3.63, 3.8) is 0 Å². The summed E-state index contributed by atoms with van der Waals surface area (Å²) in [5, 5.41) is 1.01. The van der Waals surface area contributed by atoms with Gasteiger partial charge in [-0.1, -0.05) is 0 Å². The zero-order chi connectivity index (χ0) is 9.26. The van der Waals surface area contributed by atoms with Crippen molar-refractivity contribution in [3.8, 4) is 5.75 Å². The molecule has 0 saturated heterocycles. The molecule has 0 bridgehead atoms. The summed E-state index contributed by atoms with van der Waals surface area (Å²) in [6.45, 7) is 6.90. The van der Waals surface area contributed by atoms with E-state index in [1.165, 1.54) is 0 Å². The molecule has 0 aliphatic rings. The van der Waals surface area contributed by atoms with E-state index in [0.717, 1.165) is 16.7 Å². The molecule has 0 aliphatic carbocycles. The van der Waals surface area contributed by atoms with Crippen LogP contribution in [0.15, 0.2) is 24.4 Å². The van der Waals surface area contributed by atoms with Gasteiger partial charge in [-0.15, -0.1) is 0 Å². The smallest absolute Gasteiger partial charge is 0.192 e. The van der Waals surface area contributed by atoms with Crippen LogP contribution in [-0.2, 0) is 0 Å². The monoisotopic (exact) mass is 172 g/mol. The Morgan fingerprint density at radius 3 is 3.00 bits per heavy atom. The molecule has 0 fully saturated rings. The normalized spacial score (nSPS) is 9.85. The summed E-state index contributed by atoms with van der Waals surface area (Å²) in [5.74, 6) is 0.741. The molecule has 2 rings (SSSR count). The Balaban J connectivity index is 2.79. The molecule has 0 radical (unpaired) electrons. The number of aromatic nitrogens is 1. The average molecular weight is 172 g/mol. The predicted octanol–water partition coefficient (Wildman–Crippen LogP) is 2.73. The minimum absolute atomic E-state index is 0.590. The molecule has 1 heterocycles. The van der Waals surface area contributed by atoms with Gasteiger partial charge in [0.1, 0.15) is 5.75 Å². The van der Waals surface area contributed by atoms with Gasteiger partial charge in [0.25, 0.3) is 0 Å². The van der Waals surface area contributed by atoms with Crippen LogP contribution < -0.4 is 4.74 Å². The van der Waals surface area contributed by atoms with Crippen molar-refractivity contribution in [1.29, 1.82) is 0 Å². The fraction of sp³-hybridized carbons (Fsp3) is 0.100. The topological polar surface area (TPSA) is 29.4 Å². The van der Waals surface area contributed by atoms with Crippen LogP contribution >= 0.6 is 0 Å². The summed E-state index contributed by atoms with van der Waals surface area (Å²) in [6.07, 6.45) is 1.83. The molecule has 3 heteroatoms. The highest BCUT2D eigenvalue weighted by molar-refractivity contribution is 5.89. The van der Waals surface area contributed by atoms with Crippen molar-refractivity contribution in [2.24, 2.45) is 0 Å². The third-order valence-corrected chi connectivity index (χ3v) is 1.96. The molecule has 1 aromatic heterocycles. The Bertz CT molecular complexity index is 479. The van der Waals surface area contributed by atoms with E-state index in [1.807, 2.05) is 18.3 Å². The predicted molar refractivity (Wildman–Crippen MR) is 51.1 cm³/mol. The molecule has 64 valence electrons. The standard InChI is InChI=1S/C10H8N2O/c1-11-7-5-9-8(3-4-12-9)10(6-7)13-2/h3-6,12H,2H3. The Morgan fingerprint density at radius 1 is 1.46 bits per heavy atom. The van der Waals surface area contributed by atoms with Gasteiger partial charge < -0.3 is 9.72 Å². The number of rotatable bonds is 1. The number of H-pyrrole nitrogens is 1. The number of methoxy groups -OCH3 is 1. The first kappa shape index (κ1) is 7.69. The molecule has 0 aliphatic heterocycles. The lowest BCUT2D eigenvalue weighted by Crippen LogP contribution is -1.82. The Kier molecular flexibility index (Phi) is 1.67. The lowest BCUT2D eigenvalue weighted by atomic mass is 10.2. The summed E-state index contributed by atoms with van der Waals surface area (Å²) in [6, 6.07) is 5.48. The zero-order valence-electron chi connectivity index (χ0n) is 7.16. The molecular formula is C10H8N2O. The first-order valence-corrected chi connectivity index (χ1v) is 3.87. The van der Waals surface area contributed by atoms with Gasteiger partial charge in [0.05, 0.1) is 13.7 Å². The first-order valence-electron chi connectivity index (χ1n) is 3.87. The van der Waals surface area contributed by atoms with Gasteiger partial charge in [0.15, 0.2) is 5.69 Å². The molecular weight excluding hydrogens is 164 g/mol. The molecule has 0 amide bonds. The van der Waals surface area contributed by atoms with Crippen molar-refractivity contribution >= 4 is 16.6 Å². The van der Waals surface area contributed by atoms with E-state index in [2.05, 4.69) is 9.83 Å². The van der Waals surface area contributed by atoms with E-state index in [1.54, 1.807) is 13.2 Å². The van der Waals surface area contributed by atoms with Crippen LogP contribution in [0.3, 0.4) is 0 Å². The lowest BCUT2D eigenvalue weighted by Gasteiger charge is -2.01. The maximum Gasteiger partial charge on any atom is 0.192 e. The number of ether oxygens (including phenoxy) is 1. The summed E-state index contributed by atoms with van der Waals surface area (Å²) in [5.41, 5.74) is 1.53. The van der Waals surface area contributed by atoms with E-state index in [0.29, 0.717) is 5.69 Å². The van der Waals surface area contributed by atoms with Gasteiger partial charge in [-0.05, 0) is 18.2 Å². The van der Waals surface area contributed by atoms with Gasteiger partial charge in [-0.25, -0.2) is 4.85 Å². The number of nitrogens with one attached hydrogen (secondary N) is 1. The third-order valence-electron chi connectivity index (χ3n) is 1.96. The molecule has 1 N–H and O–H groups in total. The van der Waals surface area contributed by atoms with Crippen LogP contribution in [0.5, 0.6) is 5.75 Å². The van der Waals surface area contributed by atoms with Crippen LogP contribution in [-0.4, -0.2) is 12.1 Å². The molecule has 0 saturated carbocycles. The average Bonchev–Trinajstić information content (AvgIpc) is 2.63. The second-order valence-corrected chi connectivity index (χ2v) is 2.70. The lowest BCUT2D eigenvalue weighted by molar-refractivity contribution is 0.420. The second-order valence-electron chi connectivity index (χ2n) is 2.70. The molecule has 2 aromatic rings. The largest absolute Gasteiger partial charge is 0.497 e. The molecule has 1 aromatic carbocycles. The van der Waals surface area contributed by atoms with Crippen LogP contribution in [0.1, 0.15) is 0 Å². The molecule has 0 atom stereocenters. The fourth-order valence-electron chi connectivity index (χ4n) is 1.35. The van der Waals surface area contributed by atoms with Crippen LogP contribution in [0.2, 0.25) is 0 Å². The molecule has 13 heavy (non-hydrogen) atoms.